The number of nitrogens with zero attached hydrogens (tertiary/aromatic N) is 2. The van der Waals surface area contributed by atoms with Crippen LogP contribution in [0.3, 0.4) is 0 Å². The van der Waals surface area contributed by atoms with E-state index in [1.165, 1.54) is 6.33 Å². The molecule has 1 aromatic heterocycles. The van der Waals surface area contributed by atoms with Crippen LogP contribution in [0.15, 0.2) is 6.33 Å². The van der Waals surface area contributed by atoms with E-state index in [9.17, 15) is 5.11 Å². The van der Waals surface area contributed by atoms with Gasteiger partial charge in [0.05, 0.1) is 12.6 Å². The fourth-order valence-electron chi connectivity index (χ4n) is 1.43. The lowest BCUT2D eigenvalue weighted by Crippen LogP contribution is -2.30. The highest BCUT2D eigenvalue weighted by Crippen LogP contribution is 2.21. The summed E-state index contributed by atoms with van der Waals surface area (Å²) in [5, 5.41) is 12.9. The Kier molecular flexibility index (Phi) is 4.96. The van der Waals surface area contributed by atoms with E-state index in [1.807, 2.05) is 20.8 Å². The fourth-order valence-corrected chi connectivity index (χ4v) is 1.69. The number of anilines is 1. The Balaban J connectivity index is 2.91. The minimum absolute atomic E-state index is 0.0173. The summed E-state index contributed by atoms with van der Waals surface area (Å²) < 4.78 is 0. The van der Waals surface area contributed by atoms with E-state index in [0.717, 1.165) is 17.8 Å². The molecule has 0 radical (unpaired) electrons. The quantitative estimate of drug-likeness (QED) is 0.778. The third-order valence-corrected chi connectivity index (χ3v) is 2.90. The minimum Gasteiger partial charge on any atom is -0.394 e. The van der Waals surface area contributed by atoms with Gasteiger partial charge < -0.3 is 10.4 Å². The lowest BCUT2D eigenvalue weighted by atomic mass is 10.1. The molecule has 0 bridgehead atoms. The highest BCUT2D eigenvalue weighted by atomic mass is 35.5. The fraction of sp³-hybridized carbons (Fsp3) is 0.636. The van der Waals surface area contributed by atoms with Gasteiger partial charge in [-0.2, -0.15) is 0 Å². The molecule has 0 unspecified atom stereocenters. The average Bonchev–Trinajstić information content (AvgIpc) is 2.25. The van der Waals surface area contributed by atoms with Crippen molar-refractivity contribution in [3.63, 3.8) is 0 Å². The summed E-state index contributed by atoms with van der Waals surface area (Å²) in [5.41, 5.74) is 0.892. The Labute approximate surface area is 101 Å². The lowest BCUT2D eigenvalue weighted by Gasteiger charge is -2.21. The van der Waals surface area contributed by atoms with Crippen molar-refractivity contribution in [2.75, 3.05) is 11.9 Å². The monoisotopic (exact) mass is 243 g/mol. The third kappa shape index (κ3) is 3.06. The number of aliphatic hydroxyl groups excluding tert-OH is 1. The number of hydrogen-bond donors (Lipinski definition) is 2. The average molecular weight is 244 g/mol. The van der Waals surface area contributed by atoms with Crippen LogP contribution in [0.1, 0.15) is 26.3 Å². The summed E-state index contributed by atoms with van der Waals surface area (Å²) in [6, 6.07) is -0.0173. The van der Waals surface area contributed by atoms with E-state index in [0.29, 0.717) is 11.1 Å². The van der Waals surface area contributed by atoms with Gasteiger partial charge in [0.25, 0.3) is 0 Å². The molecule has 0 spiro atoms. The van der Waals surface area contributed by atoms with Gasteiger partial charge in [0.1, 0.15) is 17.3 Å². The number of aromatic nitrogens is 2. The van der Waals surface area contributed by atoms with Crippen LogP contribution < -0.4 is 5.32 Å². The second kappa shape index (κ2) is 6.01. The van der Waals surface area contributed by atoms with Gasteiger partial charge in [0.15, 0.2) is 0 Å². The van der Waals surface area contributed by atoms with Gasteiger partial charge in [-0.05, 0) is 12.3 Å². The topological polar surface area (TPSA) is 58.0 Å². The molecule has 2 N–H and O–H groups in total. The molecule has 0 fully saturated rings. The molecule has 0 aromatic carbocycles. The van der Waals surface area contributed by atoms with Crippen molar-refractivity contribution in [2.24, 2.45) is 5.92 Å². The molecule has 0 aliphatic heterocycles. The van der Waals surface area contributed by atoms with Crippen LogP contribution in [0.4, 0.5) is 5.82 Å². The van der Waals surface area contributed by atoms with Crippen LogP contribution in [-0.2, 0) is 6.42 Å². The zero-order valence-electron chi connectivity index (χ0n) is 9.87. The molecular weight excluding hydrogens is 226 g/mol. The lowest BCUT2D eigenvalue weighted by molar-refractivity contribution is 0.249. The van der Waals surface area contributed by atoms with E-state index in [-0.39, 0.29) is 12.6 Å². The zero-order chi connectivity index (χ0) is 12.1. The second-order valence-electron chi connectivity index (χ2n) is 4.02. The van der Waals surface area contributed by atoms with E-state index < -0.39 is 0 Å². The zero-order valence-corrected chi connectivity index (χ0v) is 10.6. The van der Waals surface area contributed by atoms with Crippen LogP contribution in [-0.4, -0.2) is 27.7 Å². The van der Waals surface area contributed by atoms with Crippen molar-refractivity contribution in [2.45, 2.75) is 33.2 Å². The first-order chi connectivity index (χ1) is 7.60. The molecule has 1 rings (SSSR count). The highest BCUT2D eigenvalue weighted by Gasteiger charge is 2.15. The van der Waals surface area contributed by atoms with E-state index >= 15 is 0 Å². The van der Waals surface area contributed by atoms with Crippen LogP contribution in [0.25, 0.3) is 0 Å². The summed E-state index contributed by atoms with van der Waals surface area (Å²) >= 11 is 5.98. The maximum atomic E-state index is 9.25. The number of rotatable bonds is 5. The van der Waals surface area contributed by atoms with Crippen LogP contribution in [0.5, 0.6) is 0 Å². The van der Waals surface area contributed by atoms with Crippen molar-refractivity contribution in [3.05, 3.63) is 17.0 Å². The van der Waals surface area contributed by atoms with Crippen molar-refractivity contribution in [1.82, 2.24) is 9.97 Å². The van der Waals surface area contributed by atoms with Gasteiger partial charge in [0.2, 0.25) is 0 Å². The number of halogens is 1. The molecule has 90 valence electrons. The molecule has 1 atom stereocenters. The maximum Gasteiger partial charge on any atom is 0.137 e. The molecule has 5 heteroatoms. The molecule has 16 heavy (non-hydrogen) atoms. The molecule has 0 saturated heterocycles. The SMILES string of the molecule is CCc1c(Cl)ncnc1N[C@H](CO)C(C)C. The Morgan fingerprint density at radius 3 is 2.62 bits per heavy atom. The number of hydrogen-bond acceptors (Lipinski definition) is 4. The highest BCUT2D eigenvalue weighted by molar-refractivity contribution is 6.30. The van der Waals surface area contributed by atoms with Crippen LogP contribution in [0.2, 0.25) is 5.15 Å². The van der Waals surface area contributed by atoms with Gasteiger partial charge in [0, 0.05) is 5.56 Å². The van der Waals surface area contributed by atoms with Crippen molar-refractivity contribution < 1.29 is 5.11 Å². The van der Waals surface area contributed by atoms with Crippen molar-refractivity contribution in [1.29, 1.82) is 0 Å². The largest absolute Gasteiger partial charge is 0.394 e. The molecular formula is C11H18ClN3O. The molecule has 1 heterocycles. The van der Waals surface area contributed by atoms with E-state index in [1.54, 1.807) is 0 Å². The van der Waals surface area contributed by atoms with Gasteiger partial charge in [-0.1, -0.05) is 32.4 Å². The van der Waals surface area contributed by atoms with Crippen molar-refractivity contribution >= 4 is 17.4 Å². The molecule has 0 saturated carbocycles. The standard InChI is InChI=1S/C11H18ClN3O/c1-4-8-10(12)13-6-14-11(8)15-9(5-16)7(2)3/h6-7,9,16H,4-5H2,1-3H3,(H,13,14,15)/t9-/m1/s1. The summed E-state index contributed by atoms with van der Waals surface area (Å²) in [5.74, 6) is 1.04. The summed E-state index contributed by atoms with van der Waals surface area (Å²) in [7, 11) is 0. The smallest absolute Gasteiger partial charge is 0.137 e. The Morgan fingerprint density at radius 2 is 2.12 bits per heavy atom. The van der Waals surface area contributed by atoms with E-state index in [4.69, 9.17) is 11.6 Å². The normalized spacial score (nSPS) is 12.9. The summed E-state index contributed by atoms with van der Waals surface area (Å²) in [6.45, 7) is 6.16. The van der Waals surface area contributed by atoms with E-state index in [2.05, 4.69) is 15.3 Å². The van der Waals surface area contributed by atoms with Gasteiger partial charge in [-0.3, -0.25) is 0 Å². The first-order valence-electron chi connectivity index (χ1n) is 5.46. The molecule has 0 aliphatic carbocycles. The van der Waals surface area contributed by atoms with Gasteiger partial charge >= 0.3 is 0 Å². The maximum absolute atomic E-state index is 9.25. The number of nitrogens with one attached hydrogen (secondary N) is 1. The molecule has 0 amide bonds. The third-order valence-electron chi connectivity index (χ3n) is 2.57. The first kappa shape index (κ1) is 13.2. The number of aliphatic hydroxyl groups is 1. The Morgan fingerprint density at radius 1 is 1.44 bits per heavy atom. The van der Waals surface area contributed by atoms with Crippen molar-refractivity contribution in [3.8, 4) is 0 Å². The first-order valence-corrected chi connectivity index (χ1v) is 5.84. The van der Waals surface area contributed by atoms with Gasteiger partial charge in [-0.15, -0.1) is 0 Å². The predicted molar refractivity (Wildman–Crippen MR) is 65.8 cm³/mol. The molecule has 4 nitrogen and oxygen atoms in total. The Bertz CT molecular complexity index is 344. The van der Waals surface area contributed by atoms with Crippen LogP contribution >= 0.6 is 11.6 Å². The van der Waals surface area contributed by atoms with Crippen LogP contribution in [0, 0.1) is 5.92 Å². The summed E-state index contributed by atoms with van der Waals surface area (Å²) in [6.07, 6.45) is 2.19. The minimum atomic E-state index is -0.0173. The second-order valence-corrected chi connectivity index (χ2v) is 4.38. The molecule has 1 aromatic rings. The summed E-state index contributed by atoms with van der Waals surface area (Å²) in [4.78, 5) is 8.10. The van der Waals surface area contributed by atoms with Gasteiger partial charge in [-0.25, -0.2) is 9.97 Å². The predicted octanol–water partition coefficient (Wildman–Crippen LogP) is 2.12. The Hall–Kier alpha value is -0.870. The molecule has 0 aliphatic rings.